The van der Waals surface area contributed by atoms with E-state index in [1.54, 1.807) is 0 Å². The van der Waals surface area contributed by atoms with E-state index in [-0.39, 0.29) is 0 Å². The summed E-state index contributed by atoms with van der Waals surface area (Å²) in [5.74, 6) is 0. The molecule has 262 valence electrons. The van der Waals surface area contributed by atoms with Gasteiger partial charge in [-0.3, -0.25) is 0 Å². The van der Waals surface area contributed by atoms with Crippen LogP contribution in [-0.4, -0.2) is 9.13 Å². The fourth-order valence-corrected chi connectivity index (χ4v) is 8.45. The maximum absolute atomic E-state index is 2.44. The van der Waals surface area contributed by atoms with E-state index in [0.29, 0.717) is 0 Å². The first-order chi connectivity index (χ1) is 27.7. The zero-order valence-electron chi connectivity index (χ0n) is 30.7. The molecule has 0 aliphatic carbocycles. The second-order valence-electron chi connectivity index (χ2n) is 14.6. The summed E-state index contributed by atoms with van der Waals surface area (Å²) in [6.45, 7) is 0. The van der Waals surface area contributed by atoms with Crippen molar-refractivity contribution in [3.63, 3.8) is 0 Å². The Balaban J connectivity index is 1.14. The van der Waals surface area contributed by atoms with Crippen molar-refractivity contribution in [1.29, 1.82) is 0 Å². The highest BCUT2D eigenvalue weighted by atomic mass is 15.0. The molecule has 0 radical (unpaired) electrons. The Morgan fingerprint density at radius 2 is 0.554 bits per heavy atom. The standard InChI is InChI=1S/C54H36N2/c1-3-11-37(12-4-1)41-19-23-43(24-20-41)51-33-47-35-54-48(36-53(47)55(51)49-29-27-39-15-7-9-17-45(39)31-49)34-52(44-25-21-42(22-26-44)38-13-5-2-6-14-38)56(54)50-30-28-40-16-8-10-18-46(40)32-50/h1-36H. The summed E-state index contributed by atoms with van der Waals surface area (Å²) in [7, 11) is 0. The summed E-state index contributed by atoms with van der Waals surface area (Å²) in [6, 6.07) is 79.6. The minimum Gasteiger partial charge on any atom is -0.309 e. The van der Waals surface area contributed by atoms with Gasteiger partial charge in [0.2, 0.25) is 0 Å². The molecule has 0 fully saturated rings. The van der Waals surface area contributed by atoms with E-state index in [9.17, 15) is 0 Å². The molecule has 11 aromatic rings. The summed E-state index contributed by atoms with van der Waals surface area (Å²) < 4.78 is 4.89. The molecule has 2 aromatic heterocycles. The molecule has 0 aliphatic heterocycles. The second-order valence-corrected chi connectivity index (χ2v) is 14.6. The summed E-state index contributed by atoms with van der Waals surface area (Å²) in [4.78, 5) is 0. The van der Waals surface area contributed by atoms with E-state index in [1.165, 1.54) is 76.7 Å². The summed E-state index contributed by atoms with van der Waals surface area (Å²) in [5, 5.41) is 7.31. The molecule has 0 bridgehead atoms. The number of aromatic nitrogens is 2. The number of benzene rings is 9. The highest BCUT2D eigenvalue weighted by molar-refractivity contribution is 6.03. The van der Waals surface area contributed by atoms with E-state index in [2.05, 4.69) is 228 Å². The van der Waals surface area contributed by atoms with Gasteiger partial charge in [0, 0.05) is 22.1 Å². The SMILES string of the molecule is c1ccc(-c2ccc(-c3cc4cc5c(cc(-c6ccc(-c7ccccc7)cc6)n5-c5ccc6ccccc6c5)cc4n3-c3ccc4ccccc4c3)cc2)cc1. The van der Waals surface area contributed by atoms with Crippen LogP contribution >= 0.6 is 0 Å². The first-order valence-corrected chi connectivity index (χ1v) is 19.2. The van der Waals surface area contributed by atoms with Crippen molar-refractivity contribution in [2.75, 3.05) is 0 Å². The molecule has 2 heterocycles. The van der Waals surface area contributed by atoms with Crippen LogP contribution in [-0.2, 0) is 0 Å². The highest BCUT2D eigenvalue weighted by Crippen LogP contribution is 2.40. The quantitative estimate of drug-likeness (QED) is 0.162. The molecule has 0 spiro atoms. The predicted molar refractivity (Wildman–Crippen MR) is 237 cm³/mol. The lowest BCUT2D eigenvalue weighted by Gasteiger charge is -2.14. The first-order valence-electron chi connectivity index (χ1n) is 19.2. The molecule has 2 nitrogen and oxygen atoms in total. The molecular formula is C54H36N2. The highest BCUT2D eigenvalue weighted by Gasteiger charge is 2.19. The van der Waals surface area contributed by atoms with Crippen LogP contribution in [0, 0.1) is 0 Å². The van der Waals surface area contributed by atoms with Gasteiger partial charge in [-0.2, -0.15) is 0 Å². The molecule has 11 rings (SSSR count). The van der Waals surface area contributed by atoms with E-state index >= 15 is 0 Å². The Morgan fingerprint density at radius 1 is 0.214 bits per heavy atom. The smallest absolute Gasteiger partial charge is 0.0542 e. The summed E-state index contributed by atoms with van der Waals surface area (Å²) >= 11 is 0. The van der Waals surface area contributed by atoms with Crippen molar-refractivity contribution < 1.29 is 0 Å². The largest absolute Gasteiger partial charge is 0.309 e. The normalized spacial score (nSPS) is 11.6. The lowest BCUT2D eigenvalue weighted by atomic mass is 10.0. The number of nitrogens with zero attached hydrogens (tertiary/aromatic N) is 2. The molecule has 9 aromatic carbocycles. The van der Waals surface area contributed by atoms with Crippen LogP contribution < -0.4 is 0 Å². The van der Waals surface area contributed by atoms with Gasteiger partial charge in [-0.05, 0) is 103 Å². The fraction of sp³-hybridized carbons (Fsp3) is 0. The van der Waals surface area contributed by atoms with Crippen molar-refractivity contribution >= 4 is 43.4 Å². The molecule has 0 unspecified atom stereocenters. The van der Waals surface area contributed by atoms with Crippen molar-refractivity contribution in [2.45, 2.75) is 0 Å². The lowest BCUT2D eigenvalue weighted by Crippen LogP contribution is -1.98. The van der Waals surface area contributed by atoms with Crippen LogP contribution in [0.15, 0.2) is 218 Å². The Bertz CT molecular complexity index is 2980. The number of fused-ring (bicyclic) bond motifs is 4. The van der Waals surface area contributed by atoms with Gasteiger partial charge in [0.25, 0.3) is 0 Å². The zero-order chi connectivity index (χ0) is 37.0. The molecule has 0 saturated carbocycles. The zero-order valence-corrected chi connectivity index (χ0v) is 30.7. The monoisotopic (exact) mass is 712 g/mol. The molecule has 56 heavy (non-hydrogen) atoms. The third kappa shape index (κ3) is 5.51. The van der Waals surface area contributed by atoms with Gasteiger partial charge in [0.1, 0.15) is 0 Å². The summed E-state index contributed by atoms with van der Waals surface area (Å²) in [5.41, 5.74) is 14.2. The van der Waals surface area contributed by atoms with Gasteiger partial charge in [0.15, 0.2) is 0 Å². The fourth-order valence-electron chi connectivity index (χ4n) is 8.45. The maximum Gasteiger partial charge on any atom is 0.0542 e. The van der Waals surface area contributed by atoms with Crippen molar-refractivity contribution in [3.8, 4) is 56.1 Å². The van der Waals surface area contributed by atoms with Gasteiger partial charge in [-0.25, -0.2) is 0 Å². The van der Waals surface area contributed by atoms with Gasteiger partial charge in [-0.15, -0.1) is 0 Å². The Labute approximate surface area is 325 Å². The van der Waals surface area contributed by atoms with Crippen LogP contribution in [0.3, 0.4) is 0 Å². The van der Waals surface area contributed by atoms with Gasteiger partial charge in [0.05, 0.1) is 22.4 Å². The lowest BCUT2D eigenvalue weighted by molar-refractivity contribution is 1.14. The predicted octanol–water partition coefficient (Wildman–Crippen LogP) is 14.5. The van der Waals surface area contributed by atoms with Crippen LogP contribution in [0.4, 0.5) is 0 Å². The number of hydrogen-bond acceptors (Lipinski definition) is 0. The van der Waals surface area contributed by atoms with Crippen LogP contribution in [0.25, 0.3) is 99.5 Å². The molecular weight excluding hydrogens is 677 g/mol. The Kier molecular flexibility index (Phi) is 7.53. The van der Waals surface area contributed by atoms with E-state index in [0.717, 1.165) is 22.8 Å². The van der Waals surface area contributed by atoms with Gasteiger partial charge < -0.3 is 9.13 Å². The number of hydrogen-bond donors (Lipinski definition) is 0. The van der Waals surface area contributed by atoms with Crippen molar-refractivity contribution in [2.24, 2.45) is 0 Å². The minimum absolute atomic E-state index is 1.14. The topological polar surface area (TPSA) is 9.86 Å². The van der Waals surface area contributed by atoms with Crippen LogP contribution in [0.5, 0.6) is 0 Å². The molecule has 0 N–H and O–H groups in total. The van der Waals surface area contributed by atoms with E-state index in [1.807, 2.05) is 0 Å². The van der Waals surface area contributed by atoms with Gasteiger partial charge >= 0.3 is 0 Å². The Hall–Kier alpha value is -7.42. The molecule has 0 amide bonds. The van der Waals surface area contributed by atoms with Crippen molar-refractivity contribution in [1.82, 2.24) is 9.13 Å². The second kappa shape index (κ2) is 13.2. The third-order valence-corrected chi connectivity index (χ3v) is 11.3. The average molecular weight is 713 g/mol. The first kappa shape index (κ1) is 32.0. The minimum atomic E-state index is 1.14. The summed E-state index contributed by atoms with van der Waals surface area (Å²) in [6.07, 6.45) is 0. The maximum atomic E-state index is 2.44. The van der Waals surface area contributed by atoms with E-state index < -0.39 is 0 Å². The third-order valence-electron chi connectivity index (χ3n) is 11.3. The van der Waals surface area contributed by atoms with Gasteiger partial charge in [-0.1, -0.05) is 170 Å². The molecule has 0 saturated heterocycles. The molecule has 2 heteroatoms. The average Bonchev–Trinajstić information content (AvgIpc) is 3.84. The van der Waals surface area contributed by atoms with Crippen LogP contribution in [0.1, 0.15) is 0 Å². The molecule has 0 aliphatic rings. The van der Waals surface area contributed by atoms with Crippen molar-refractivity contribution in [3.05, 3.63) is 218 Å². The van der Waals surface area contributed by atoms with Crippen LogP contribution in [0.2, 0.25) is 0 Å². The van der Waals surface area contributed by atoms with E-state index in [4.69, 9.17) is 0 Å². The molecule has 0 atom stereocenters. The number of rotatable bonds is 6. The Morgan fingerprint density at radius 3 is 0.964 bits per heavy atom.